The molecule has 0 saturated carbocycles. The number of carbonyl (C=O) groups is 3. The summed E-state index contributed by atoms with van der Waals surface area (Å²) in [6, 6.07) is 67.4. The molecule has 2 N–H and O–H groups in total. The van der Waals surface area contributed by atoms with Gasteiger partial charge in [-0.1, -0.05) is 203 Å². The normalized spacial score (nSPS) is 12.0. The highest BCUT2D eigenvalue weighted by atomic mass is 28.3. The van der Waals surface area contributed by atoms with Gasteiger partial charge >= 0.3 is 17.9 Å². The van der Waals surface area contributed by atoms with Crippen LogP contribution in [-0.4, -0.2) is 143 Å². The van der Waals surface area contributed by atoms with Gasteiger partial charge in [-0.3, -0.25) is 19.5 Å². The minimum atomic E-state index is -1.19. The number of pyridine rings is 3. The maximum Gasteiger partial charge on any atom is 0.315 e. The Hall–Kier alpha value is -11.6. The van der Waals surface area contributed by atoms with Gasteiger partial charge < -0.3 is 38.3 Å². The van der Waals surface area contributed by atoms with E-state index in [1.165, 1.54) is 0 Å². The fourth-order valence-electron chi connectivity index (χ4n) is 11.0. The van der Waals surface area contributed by atoms with Gasteiger partial charge in [-0.25, -0.2) is 39.3 Å². The third-order valence-corrected chi connectivity index (χ3v) is 21.6. The SMILES string of the molecule is CC(C)(C)OC(=O)C(C)(C)COc1ccc(-c2ccc(-c3nc(-c4ccccc4)n(COCC[Si](C)(C)C)n3)cc2)cn1.CC(C)(C)OC(=O)C(C)(C)COc1ccc(-c2ccc(-c3nc(-c4ccccc4)nn3COCC[Si](C)(C)C)cc2)cn1.CC(C)(COc1ccc(-c2ccc(-c3nc(-c4ccccc4)n[nH]3)cc2)cn1)C(=O)O. The fraction of sp³-hybridized carbons (Fsp3) is 0.348. The van der Waals surface area contributed by atoms with E-state index in [4.69, 9.17) is 58.4 Å². The number of nitrogens with one attached hydrogen (secondary N) is 1. The molecule has 0 aliphatic heterocycles. The molecule has 6 heterocycles. The first-order chi connectivity index (χ1) is 55.3. The van der Waals surface area contributed by atoms with Crippen LogP contribution < -0.4 is 14.2 Å². The quantitative estimate of drug-likeness (QED) is 0.0232. The molecule has 0 atom stereocenters. The van der Waals surface area contributed by atoms with Crippen LogP contribution in [0.15, 0.2) is 219 Å². The molecular formula is C92H110N12O11Si2. The monoisotopic (exact) mass is 1610 g/mol. The van der Waals surface area contributed by atoms with Crippen LogP contribution in [0, 0.1) is 16.2 Å². The van der Waals surface area contributed by atoms with Gasteiger partial charge in [-0.05, 0) is 130 Å². The number of carboxylic acids is 1. The Morgan fingerprint density at radius 2 is 0.675 bits per heavy atom. The molecule has 0 amide bonds. The number of esters is 2. The van der Waals surface area contributed by atoms with Gasteiger partial charge in [-0.15, -0.1) is 10.2 Å². The molecule has 0 bridgehead atoms. The van der Waals surface area contributed by atoms with Crippen LogP contribution in [0.2, 0.25) is 51.4 Å². The largest absolute Gasteiger partial charge is 0.481 e. The number of benzene rings is 6. The number of carbonyl (C=O) groups excluding carboxylic acids is 2. The molecule has 0 unspecified atom stereocenters. The highest BCUT2D eigenvalue weighted by Crippen LogP contribution is 2.33. The number of hydrogen-bond acceptors (Lipinski definition) is 19. The van der Waals surface area contributed by atoms with Crippen molar-refractivity contribution in [2.75, 3.05) is 33.0 Å². The number of aromatic nitrogens is 12. The minimum Gasteiger partial charge on any atom is -0.481 e. The van der Waals surface area contributed by atoms with E-state index in [9.17, 15) is 14.4 Å². The Morgan fingerprint density at radius 3 is 1.02 bits per heavy atom. The van der Waals surface area contributed by atoms with E-state index >= 15 is 0 Å². The number of hydrogen-bond donors (Lipinski definition) is 2. The lowest BCUT2D eigenvalue weighted by molar-refractivity contribution is -0.168. The highest BCUT2D eigenvalue weighted by Gasteiger charge is 2.36. The van der Waals surface area contributed by atoms with Crippen molar-refractivity contribution in [1.29, 1.82) is 0 Å². The second kappa shape index (κ2) is 38.4. The summed E-state index contributed by atoms with van der Waals surface area (Å²) in [5.41, 5.74) is 7.88. The van der Waals surface area contributed by atoms with Crippen LogP contribution in [0.4, 0.5) is 0 Å². The van der Waals surface area contributed by atoms with Gasteiger partial charge in [-0.2, -0.15) is 5.10 Å². The van der Waals surface area contributed by atoms with Crippen molar-refractivity contribution in [2.45, 2.75) is 159 Å². The zero-order valence-electron chi connectivity index (χ0n) is 70.6. The van der Waals surface area contributed by atoms with Crippen molar-refractivity contribution < 1.29 is 52.6 Å². The van der Waals surface area contributed by atoms with E-state index in [2.05, 4.69) is 69.4 Å². The second-order valence-corrected chi connectivity index (χ2v) is 46.3. The van der Waals surface area contributed by atoms with E-state index < -0.39 is 49.6 Å². The van der Waals surface area contributed by atoms with Crippen LogP contribution in [0.3, 0.4) is 0 Å². The average molecular weight is 1620 g/mol. The molecular weight excluding hydrogens is 1510 g/mol. The second-order valence-electron chi connectivity index (χ2n) is 35.0. The van der Waals surface area contributed by atoms with E-state index in [1.807, 2.05) is 245 Å². The van der Waals surface area contributed by atoms with Crippen molar-refractivity contribution in [3.05, 3.63) is 219 Å². The number of H-pyrrole nitrogens is 1. The van der Waals surface area contributed by atoms with E-state index in [0.717, 1.165) is 90.5 Å². The number of aromatic amines is 1. The van der Waals surface area contributed by atoms with Crippen molar-refractivity contribution in [3.8, 4) is 119 Å². The molecule has 612 valence electrons. The molecule has 0 spiro atoms. The molecule has 0 aliphatic carbocycles. The summed E-state index contributed by atoms with van der Waals surface area (Å²) in [5.74, 6) is 3.99. The van der Waals surface area contributed by atoms with E-state index in [0.29, 0.717) is 67.6 Å². The predicted molar refractivity (Wildman–Crippen MR) is 464 cm³/mol. The highest BCUT2D eigenvalue weighted by molar-refractivity contribution is 6.76. The first-order valence-electron chi connectivity index (χ1n) is 39.3. The molecule has 12 rings (SSSR count). The molecule has 6 aromatic heterocycles. The zero-order valence-corrected chi connectivity index (χ0v) is 72.6. The first-order valence-corrected chi connectivity index (χ1v) is 46.7. The molecule has 0 radical (unpaired) electrons. The van der Waals surface area contributed by atoms with Crippen molar-refractivity contribution in [1.82, 2.24) is 59.7 Å². The lowest BCUT2D eigenvalue weighted by Crippen LogP contribution is -2.37. The Bertz CT molecular complexity index is 5170. The van der Waals surface area contributed by atoms with Crippen LogP contribution >= 0.6 is 0 Å². The maximum absolute atomic E-state index is 12.5. The van der Waals surface area contributed by atoms with E-state index in [1.54, 1.807) is 66.2 Å². The van der Waals surface area contributed by atoms with Crippen molar-refractivity contribution in [3.63, 3.8) is 0 Å². The summed E-state index contributed by atoms with van der Waals surface area (Å²) >= 11 is 0. The molecule has 117 heavy (non-hydrogen) atoms. The van der Waals surface area contributed by atoms with Gasteiger partial charge in [0.2, 0.25) is 17.6 Å². The molecule has 25 heteroatoms. The van der Waals surface area contributed by atoms with Gasteiger partial charge in [0.1, 0.15) is 44.5 Å². The number of ether oxygens (including phenoxy) is 7. The van der Waals surface area contributed by atoms with Crippen LogP contribution in [0.25, 0.3) is 102 Å². The Kier molecular flexibility index (Phi) is 28.8. The zero-order chi connectivity index (χ0) is 84.4. The topological polar surface area (TPSA) is 278 Å². The Balaban J connectivity index is 0.000000188. The first kappa shape index (κ1) is 87.7. The lowest BCUT2D eigenvalue weighted by atomic mass is 9.94. The van der Waals surface area contributed by atoms with Gasteiger partial charge in [0.25, 0.3) is 0 Å². The summed E-state index contributed by atoms with van der Waals surface area (Å²) in [6.45, 7) is 38.1. The van der Waals surface area contributed by atoms with E-state index in [-0.39, 0.29) is 31.8 Å². The molecule has 6 aromatic carbocycles. The summed E-state index contributed by atoms with van der Waals surface area (Å²) < 4.78 is 44.0. The third-order valence-electron chi connectivity index (χ3n) is 18.2. The molecule has 12 aromatic rings. The number of carboxylic acid groups (broad SMARTS) is 1. The molecule has 0 aliphatic rings. The minimum absolute atomic E-state index is 0.0472. The van der Waals surface area contributed by atoms with Gasteiger partial charge in [0.05, 0.1) is 16.2 Å². The predicted octanol–water partition coefficient (Wildman–Crippen LogP) is 20.2. The van der Waals surface area contributed by atoms with Crippen molar-refractivity contribution >= 4 is 34.1 Å². The molecule has 23 nitrogen and oxygen atoms in total. The Labute approximate surface area is 689 Å². The van der Waals surface area contributed by atoms with Gasteiger partial charge in [0.15, 0.2) is 34.9 Å². The maximum atomic E-state index is 12.5. The summed E-state index contributed by atoms with van der Waals surface area (Å²) in [4.78, 5) is 63.8. The number of aliphatic carboxylic acids is 1. The summed E-state index contributed by atoms with van der Waals surface area (Å²) in [7, 11) is -2.37. The lowest BCUT2D eigenvalue weighted by Gasteiger charge is -2.28. The number of nitrogens with zero attached hydrogens (tertiary/aromatic N) is 11. The van der Waals surface area contributed by atoms with Gasteiger partial charge in [0, 0.05) is 116 Å². The smallest absolute Gasteiger partial charge is 0.315 e. The standard InChI is InChI=1S/2C34H44N4O4Si.C24H22N4O3/c1-33(2,3)42-32(39)34(4,5)23-41-29-19-18-28(22-35-29)25-14-16-26(17-15-25)30-36-31(27-12-10-9-11-13-27)38(37-30)24-40-20-21-43(6,7)8;1-33(2,3)42-32(39)34(4,5)23-41-29-19-18-28(22-35-29)25-14-16-27(17-15-25)31-36-30(26-12-10-9-11-13-26)37-38(31)24-40-20-21-43(6,7)8;1-24(2,23(29)30)15-31-20-13-12-19(14-25-20)16-8-10-18(11-9-16)22-26-21(27-28-22)17-6-4-3-5-7-17/h2*9-19,22H,20-21,23-24H2,1-8H3;3-14H,15H2,1-2H3,(H,29,30)(H,26,27,28). The molecule has 0 fully saturated rings. The summed E-state index contributed by atoms with van der Waals surface area (Å²) in [6.07, 6.45) is 5.25. The molecule has 0 saturated heterocycles. The average Bonchev–Trinajstić information content (AvgIpc) is 1.71. The van der Waals surface area contributed by atoms with Crippen LogP contribution in [0.5, 0.6) is 17.6 Å². The van der Waals surface area contributed by atoms with Crippen molar-refractivity contribution in [2.24, 2.45) is 16.2 Å². The fourth-order valence-corrected chi connectivity index (χ4v) is 12.5. The van der Waals surface area contributed by atoms with Crippen LogP contribution in [0.1, 0.15) is 83.1 Å². The summed E-state index contributed by atoms with van der Waals surface area (Å²) in [5, 5.41) is 26.0. The Morgan fingerprint density at radius 1 is 0.368 bits per heavy atom. The number of rotatable bonds is 31. The third kappa shape index (κ3) is 26.4. The van der Waals surface area contributed by atoms with Crippen LogP contribution in [-0.2, 0) is 46.8 Å².